The van der Waals surface area contributed by atoms with Crippen molar-refractivity contribution >= 4 is 17.5 Å². The molecule has 0 saturated heterocycles. The quantitative estimate of drug-likeness (QED) is 0.624. The van der Waals surface area contributed by atoms with Gasteiger partial charge in [-0.3, -0.25) is 4.79 Å². The third kappa shape index (κ3) is 4.36. The standard InChI is InChI=1S/C23H33ClN2O3/c1-3-28-20-8-18(7-19(24)22(20)29-13-21(25)27)12-26-14(2)23-9-15-4-16(10-23)6-17(5-15)11-23/h7-8,14-17,26H,3-6,9-13H2,1-2H3,(H2,25,27). The van der Waals surface area contributed by atoms with Gasteiger partial charge in [-0.05, 0) is 93.2 Å². The minimum Gasteiger partial charge on any atom is -0.490 e. The molecule has 29 heavy (non-hydrogen) atoms. The Kier molecular flexibility index (Phi) is 5.99. The van der Waals surface area contributed by atoms with Gasteiger partial charge in [0.15, 0.2) is 18.1 Å². The Labute approximate surface area is 178 Å². The molecule has 5 nitrogen and oxygen atoms in total. The van der Waals surface area contributed by atoms with Crippen molar-refractivity contribution in [3.05, 3.63) is 22.7 Å². The fourth-order valence-electron chi connectivity index (χ4n) is 6.47. The molecule has 1 atom stereocenters. The molecule has 3 N–H and O–H groups in total. The maximum absolute atomic E-state index is 11.1. The second kappa shape index (κ2) is 8.35. The molecule has 4 saturated carbocycles. The van der Waals surface area contributed by atoms with Gasteiger partial charge in [0, 0.05) is 12.6 Å². The van der Waals surface area contributed by atoms with E-state index in [4.69, 9.17) is 26.8 Å². The molecule has 5 rings (SSSR count). The molecular formula is C23H33ClN2O3. The lowest BCUT2D eigenvalue weighted by molar-refractivity contribution is -0.119. The summed E-state index contributed by atoms with van der Waals surface area (Å²) in [6.07, 6.45) is 8.55. The minimum atomic E-state index is -0.543. The van der Waals surface area contributed by atoms with Crippen LogP contribution in [0.5, 0.6) is 11.5 Å². The third-order valence-electron chi connectivity index (χ3n) is 7.34. The second-order valence-electron chi connectivity index (χ2n) is 9.48. The number of primary amides is 1. The minimum absolute atomic E-state index is 0.222. The lowest BCUT2D eigenvalue weighted by Gasteiger charge is -2.59. The van der Waals surface area contributed by atoms with Crippen LogP contribution in [0.4, 0.5) is 0 Å². The highest BCUT2D eigenvalue weighted by Crippen LogP contribution is 2.61. The van der Waals surface area contributed by atoms with Gasteiger partial charge < -0.3 is 20.5 Å². The number of amides is 1. The van der Waals surface area contributed by atoms with E-state index in [1.54, 1.807) is 0 Å². The number of rotatable bonds is 9. The summed E-state index contributed by atoms with van der Waals surface area (Å²) < 4.78 is 11.2. The summed E-state index contributed by atoms with van der Waals surface area (Å²) >= 11 is 6.44. The first-order valence-corrected chi connectivity index (χ1v) is 11.4. The fourth-order valence-corrected chi connectivity index (χ4v) is 6.75. The molecule has 4 bridgehead atoms. The predicted molar refractivity (Wildman–Crippen MR) is 114 cm³/mol. The van der Waals surface area contributed by atoms with Crippen molar-refractivity contribution in [3.63, 3.8) is 0 Å². The van der Waals surface area contributed by atoms with Crippen molar-refractivity contribution in [1.29, 1.82) is 0 Å². The van der Waals surface area contributed by atoms with Crippen LogP contribution in [0.2, 0.25) is 5.02 Å². The van der Waals surface area contributed by atoms with Crippen LogP contribution in [0.1, 0.15) is 57.9 Å². The molecule has 1 amide bonds. The third-order valence-corrected chi connectivity index (χ3v) is 7.63. The molecule has 0 aliphatic heterocycles. The molecule has 0 radical (unpaired) electrons. The van der Waals surface area contributed by atoms with Crippen LogP contribution in [-0.4, -0.2) is 25.2 Å². The van der Waals surface area contributed by atoms with Crippen LogP contribution in [-0.2, 0) is 11.3 Å². The molecule has 6 heteroatoms. The molecule has 4 aliphatic rings. The van der Waals surface area contributed by atoms with E-state index < -0.39 is 5.91 Å². The van der Waals surface area contributed by atoms with E-state index >= 15 is 0 Å². The molecule has 0 aromatic heterocycles. The number of nitrogens with one attached hydrogen (secondary N) is 1. The monoisotopic (exact) mass is 420 g/mol. The van der Waals surface area contributed by atoms with Crippen LogP contribution in [0.15, 0.2) is 12.1 Å². The Morgan fingerprint density at radius 3 is 2.38 bits per heavy atom. The Hall–Kier alpha value is -1.46. The maximum Gasteiger partial charge on any atom is 0.255 e. The summed E-state index contributed by atoms with van der Waals surface area (Å²) in [6.45, 7) is 5.28. The van der Waals surface area contributed by atoms with Crippen LogP contribution in [0.25, 0.3) is 0 Å². The highest BCUT2D eigenvalue weighted by molar-refractivity contribution is 6.32. The largest absolute Gasteiger partial charge is 0.490 e. The second-order valence-corrected chi connectivity index (χ2v) is 9.88. The van der Waals surface area contributed by atoms with Gasteiger partial charge in [0.25, 0.3) is 5.91 Å². The highest BCUT2D eigenvalue weighted by Gasteiger charge is 2.52. The van der Waals surface area contributed by atoms with Crippen molar-refractivity contribution in [2.24, 2.45) is 28.9 Å². The lowest BCUT2D eigenvalue weighted by atomic mass is 9.48. The Bertz CT molecular complexity index is 731. The van der Waals surface area contributed by atoms with E-state index in [1.165, 1.54) is 38.5 Å². The van der Waals surface area contributed by atoms with Gasteiger partial charge in [0.05, 0.1) is 11.6 Å². The summed E-state index contributed by atoms with van der Waals surface area (Å²) in [5.41, 5.74) is 6.71. The van der Waals surface area contributed by atoms with Crippen LogP contribution in [0.3, 0.4) is 0 Å². The van der Waals surface area contributed by atoms with E-state index in [1.807, 2.05) is 19.1 Å². The van der Waals surface area contributed by atoms with Crippen molar-refractivity contribution < 1.29 is 14.3 Å². The fraction of sp³-hybridized carbons (Fsp3) is 0.696. The number of halogens is 1. The van der Waals surface area contributed by atoms with Crippen LogP contribution < -0.4 is 20.5 Å². The zero-order chi connectivity index (χ0) is 20.6. The molecule has 1 unspecified atom stereocenters. The summed E-state index contributed by atoms with van der Waals surface area (Å²) in [7, 11) is 0. The van der Waals surface area contributed by atoms with Crippen molar-refractivity contribution in [3.8, 4) is 11.5 Å². The molecule has 4 aliphatic carbocycles. The predicted octanol–water partition coefficient (Wildman–Crippen LogP) is 4.30. The first kappa shape index (κ1) is 20.8. The average Bonchev–Trinajstić information content (AvgIpc) is 2.64. The molecule has 160 valence electrons. The first-order chi connectivity index (χ1) is 13.9. The van der Waals surface area contributed by atoms with Crippen molar-refractivity contribution in [2.75, 3.05) is 13.2 Å². The van der Waals surface area contributed by atoms with Crippen molar-refractivity contribution in [2.45, 2.75) is 65.0 Å². The van der Waals surface area contributed by atoms with Gasteiger partial charge in [0.1, 0.15) is 0 Å². The van der Waals surface area contributed by atoms with Gasteiger partial charge in [-0.2, -0.15) is 0 Å². The maximum atomic E-state index is 11.1. The molecule has 0 heterocycles. The summed E-state index contributed by atoms with van der Waals surface area (Å²) in [5, 5.41) is 4.23. The first-order valence-electron chi connectivity index (χ1n) is 11.0. The van der Waals surface area contributed by atoms with Gasteiger partial charge in [-0.15, -0.1) is 0 Å². The number of carbonyl (C=O) groups is 1. The SMILES string of the molecule is CCOc1cc(CNC(C)C23CC4CC(CC(C4)C2)C3)cc(Cl)c1OCC(N)=O. The summed E-state index contributed by atoms with van der Waals surface area (Å²) in [4.78, 5) is 11.1. The molecule has 4 fully saturated rings. The van der Waals surface area contributed by atoms with Gasteiger partial charge in [-0.25, -0.2) is 0 Å². The average molecular weight is 421 g/mol. The summed E-state index contributed by atoms with van der Waals surface area (Å²) in [5.74, 6) is 3.24. The number of hydrogen-bond donors (Lipinski definition) is 2. The van der Waals surface area contributed by atoms with E-state index in [-0.39, 0.29) is 6.61 Å². The number of ether oxygens (including phenoxy) is 2. The smallest absolute Gasteiger partial charge is 0.255 e. The lowest BCUT2D eigenvalue weighted by Crippen LogP contribution is -2.54. The molecular weight excluding hydrogens is 388 g/mol. The van der Waals surface area contributed by atoms with Gasteiger partial charge in [-0.1, -0.05) is 11.6 Å². The van der Waals surface area contributed by atoms with Gasteiger partial charge >= 0.3 is 0 Å². The van der Waals surface area contributed by atoms with E-state index in [0.717, 1.165) is 29.9 Å². The number of nitrogens with two attached hydrogens (primary N) is 1. The highest BCUT2D eigenvalue weighted by atomic mass is 35.5. The Morgan fingerprint density at radius 2 is 1.83 bits per heavy atom. The molecule has 1 aromatic carbocycles. The van der Waals surface area contributed by atoms with Crippen LogP contribution in [0, 0.1) is 23.2 Å². The number of hydrogen-bond acceptors (Lipinski definition) is 4. The number of carbonyl (C=O) groups excluding carboxylic acids is 1. The molecule has 0 spiro atoms. The van der Waals surface area contributed by atoms with Crippen molar-refractivity contribution in [1.82, 2.24) is 5.32 Å². The normalized spacial score (nSPS) is 30.9. The Balaban J connectivity index is 1.44. The molecule has 1 aromatic rings. The zero-order valence-electron chi connectivity index (χ0n) is 17.5. The Morgan fingerprint density at radius 1 is 1.21 bits per heavy atom. The van der Waals surface area contributed by atoms with E-state index in [9.17, 15) is 4.79 Å². The number of benzene rings is 1. The zero-order valence-corrected chi connectivity index (χ0v) is 18.3. The summed E-state index contributed by atoms with van der Waals surface area (Å²) in [6, 6.07) is 4.32. The van der Waals surface area contributed by atoms with Crippen LogP contribution >= 0.6 is 11.6 Å². The van der Waals surface area contributed by atoms with E-state index in [2.05, 4.69) is 12.2 Å². The van der Waals surface area contributed by atoms with Gasteiger partial charge in [0.2, 0.25) is 0 Å². The van der Waals surface area contributed by atoms with E-state index in [0.29, 0.717) is 34.6 Å². The topological polar surface area (TPSA) is 73.6 Å².